The van der Waals surface area contributed by atoms with Crippen LogP contribution in [-0.4, -0.2) is 17.1 Å². The van der Waals surface area contributed by atoms with Gasteiger partial charge in [0.15, 0.2) is 0 Å². The Morgan fingerprint density at radius 3 is 2.00 bits per heavy atom. The zero-order valence-electron chi connectivity index (χ0n) is 10.6. The van der Waals surface area contributed by atoms with E-state index in [0.29, 0.717) is 13.0 Å². The van der Waals surface area contributed by atoms with Crippen molar-refractivity contribution in [3.63, 3.8) is 0 Å². The van der Waals surface area contributed by atoms with Crippen molar-refractivity contribution in [3.05, 3.63) is 71.8 Å². The Labute approximate surface area is 112 Å². The summed E-state index contributed by atoms with van der Waals surface area (Å²) in [6.45, 7) is 0.560. The standard InChI is InChI=1S/C16H17NO2/c18-16(19)15(11-13-7-3-1-4-8-13)17-12-14-9-5-2-6-10-14/h1-10,15,17H,11-12H2,(H,18,19)/t15-/m1/s1. The molecular formula is C16H17NO2. The first-order chi connectivity index (χ1) is 9.25. The Kier molecular flexibility index (Phi) is 4.70. The van der Waals surface area contributed by atoms with Gasteiger partial charge >= 0.3 is 5.97 Å². The SMILES string of the molecule is O=C(O)[C@@H](Cc1ccccc1)NCc1ccccc1. The Bertz CT molecular complexity index is 511. The van der Waals surface area contributed by atoms with Crippen LogP contribution < -0.4 is 5.32 Å². The lowest BCUT2D eigenvalue weighted by atomic mass is 10.1. The molecule has 0 aliphatic rings. The van der Waals surface area contributed by atoms with Crippen molar-refractivity contribution >= 4 is 5.97 Å². The molecule has 98 valence electrons. The Hall–Kier alpha value is -2.13. The number of carboxylic acids is 1. The second-order valence-corrected chi connectivity index (χ2v) is 4.45. The highest BCUT2D eigenvalue weighted by Crippen LogP contribution is 2.05. The van der Waals surface area contributed by atoms with Crippen molar-refractivity contribution < 1.29 is 9.90 Å². The minimum Gasteiger partial charge on any atom is -0.480 e. The van der Waals surface area contributed by atoms with Crippen molar-refractivity contribution in [2.24, 2.45) is 0 Å². The lowest BCUT2D eigenvalue weighted by Gasteiger charge is -2.14. The number of nitrogens with one attached hydrogen (secondary N) is 1. The molecule has 0 spiro atoms. The van der Waals surface area contributed by atoms with Gasteiger partial charge in [-0.1, -0.05) is 60.7 Å². The first-order valence-electron chi connectivity index (χ1n) is 6.30. The number of hydrogen-bond donors (Lipinski definition) is 2. The van der Waals surface area contributed by atoms with Gasteiger partial charge in [0.25, 0.3) is 0 Å². The molecule has 0 heterocycles. The summed E-state index contributed by atoms with van der Waals surface area (Å²) >= 11 is 0. The second kappa shape index (κ2) is 6.71. The zero-order valence-corrected chi connectivity index (χ0v) is 10.6. The van der Waals surface area contributed by atoms with Gasteiger partial charge in [-0.05, 0) is 17.5 Å². The quantitative estimate of drug-likeness (QED) is 0.833. The van der Waals surface area contributed by atoms with Crippen molar-refractivity contribution in [1.29, 1.82) is 0 Å². The van der Waals surface area contributed by atoms with E-state index in [1.54, 1.807) is 0 Å². The van der Waals surface area contributed by atoms with E-state index in [9.17, 15) is 9.90 Å². The highest BCUT2D eigenvalue weighted by molar-refractivity contribution is 5.73. The molecule has 2 rings (SSSR count). The van der Waals surface area contributed by atoms with E-state index in [4.69, 9.17) is 0 Å². The van der Waals surface area contributed by atoms with Crippen molar-refractivity contribution in [2.45, 2.75) is 19.0 Å². The van der Waals surface area contributed by atoms with Crippen molar-refractivity contribution in [1.82, 2.24) is 5.32 Å². The van der Waals surface area contributed by atoms with E-state index in [0.717, 1.165) is 11.1 Å². The molecule has 0 amide bonds. The fourth-order valence-electron chi connectivity index (χ4n) is 1.93. The van der Waals surface area contributed by atoms with Gasteiger partial charge in [0.05, 0.1) is 0 Å². The largest absolute Gasteiger partial charge is 0.480 e. The molecule has 3 nitrogen and oxygen atoms in total. The van der Waals surface area contributed by atoms with E-state index < -0.39 is 12.0 Å². The van der Waals surface area contributed by atoms with Gasteiger partial charge in [0.1, 0.15) is 6.04 Å². The molecule has 0 saturated heterocycles. The summed E-state index contributed by atoms with van der Waals surface area (Å²) in [4.78, 5) is 11.3. The predicted molar refractivity (Wildman–Crippen MR) is 74.9 cm³/mol. The Morgan fingerprint density at radius 2 is 1.47 bits per heavy atom. The van der Waals surface area contributed by atoms with E-state index in [1.165, 1.54) is 0 Å². The van der Waals surface area contributed by atoms with Gasteiger partial charge in [-0.3, -0.25) is 4.79 Å². The number of hydrogen-bond acceptors (Lipinski definition) is 2. The summed E-state index contributed by atoms with van der Waals surface area (Å²) < 4.78 is 0. The van der Waals surface area contributed by atoms with E-state index in [2.05, 4.69) is 5.32 Å². The van der Waals surface area contributed by atoms with E-state index in [-0.39, 0.29) is 0 Å². The van der Waals surface area contributed by atoms with Crippen LogP contribution in [0.4, 0.5) is 0 Å². The van der Waals surface area contributed by atoms with Gasteiger partial charge in [0, 0.05) is 6.54 Å². The van der Waals surface area contributed by atoms with E-state index >= 15 is 0 Å². The molecule has 1 atom stereocenters. The monoisotopic (exact) mass is 255 g/mol. The number of rotatable bonds is 6. The molecular weight excluding hydrogens is 238 g/mol. The molecule has 0 aliphatic carbocycles. The molecule has 0 fully saturated rings. The van der Waals surface area contributed by atoms with Gasteiger partial charge < -0.3 is 10.4 Å². The van der Waals surface area contributed by atoms with Crippen LogP contribution in [0.2, 0.25) is 0 Å². The first-order valence-corrected chi connectivity index (χ1v) is 6.30. The van der Waals surface area contributed by atoms with Crippen LogP contribution in [0.1, 0.15) is 11.1 Å². The lowest BCUT2D eigenvalue weighted by Crippen LogP contribution is -2.38. The number of aliphatic carboxylic acids is 1. The van der Waals surface area contributed by atoms with Crippen LogP contribution in [0.3, 0.4) is 0 Å². The fourth-order valence-corrected chi connectivity index (χ4v) is 1.93. The summed E-state index contributed by atoms with van der Waals surface area (Å²) in [5, 5.41) is 12.3. The molecule has 0 aromatic heterocycles. The number of carbonyl (C=O) groups is 1. The lowest BCUT2D eigenvalue weighted by molar-refractivity contribution is -0.139. The van der Waals surface area contributed by atoms with Crippen LogP contribution in [0.5, 0.6) is 0 Å². The van der Waals surface area contributed by atoms with Crippen LogP contribution in [0.15, 0.2) is 60.7 Å². The van der Waals surface area contributed by atoms with Crippen molar-refractivity contribution in [3.8, 4) is 0 Å². The summed E-state index contributed by atoms with van der Waals surface area (Å²) in [5.74, 6) is -0.820. The molecule has 3 heteroatoms. The summed E-state index contributed by atoms with van der Waals surface area (Å²) in [6.07, 6.45) is 0.489. The van der Waals surface area contributed by atoms with Crippen LogP contribution in [0, 0.1) is 0 Å². The average Bonchev–Trinajstić information content (AvgIpc) is 2.45. The Morgan fingerprint density at radius 1 is 0.947 bits per heavy atom. The molecule has 0 bridgehead atoms. The van der Waals surface area contributed by atoms with Gasteiger partial charge in [-0.2, -0.15) is 0 Å². The highest BCUT2D eigenvalue weighted by atomic mass is 16.4. The fraction of sp³-hybridized carbons (Fsp3) is 0.188. The molecule has 2 N–H and O–H groups in total. The summed E-state index contributed by atoms with van der Waals surface area (Å²) in [5.41, 5.74) is 2.11. The third-order valence-electron chi connectivity index (χ3n) is 2.98. The highest BCUT2D eigenvalue weighted by Gasteiger charge is 2.16. The molecule has 2 aromatic carbocycles. The van der Waals surface area contributed by atoms with Crippen LogP contribution in [0.25, 0.3) is 0 Å². The maximum absolute atomic E-state index is 11.3. The third kappa shape index (κ3) is 4.23. The second-order valence-electron chi connectivity index (χ2n) is 4.45. The summed E-state index contributed by atoms with van der Waals surface area (Å²) in [7, 11) is 0. The molecule has 0 saturated carbocycles. The number of carboxylic acid groups (broad SMARTS) is 1. The Balaban J connectivity index is 1.95. The van der Waals surface area contributed by atoms with Gasteiger partial charge in [-0.25, -0.2) is 0 Å². The van der Waals surface area contributed by atoms with Gasteiger partial charge in [0.2, 0.25) is 0 Å². The van der Waals surface area contributed by atoms with E-state index in [1.807, 2.05) is 60.7 Å². The maximum atomic E-state index is 11.3. The zero-order chi connectivity index (χ0) is 13.5. The predicted octanol–water partition coefficient (Wildman–Crippen LogP) is 2.47. The normalized spacial score (nSPS) is 12.0. The number of benzene rings is 2. The summed E-state index contributed by atoms with van der Waals surface area (Å²) in [6, 6.07) is 18.9. The topological polar surface area (TPSA) is 49.3 Å². The molecule has 0 aliphatic heterocycles. The van der Waals surface area contributed by atoms with Crippen LogP contribution in [-0.2, 0) is 17.8 Å². The average molecular weight is 255 g/mol. The van der Waals surface area contributed by atoms with Crippen molar-refractivity contribution in [2.75, 3.05) is 0 Å². The minimum atomic E-state index is -0.820. The smallest absolute Gasteiger partial charge is 0.321 e. The molecule has 0 radical (unpaired) electrons. The van der Waals surface area contributed by atoms with Crippen LogP contribution >= 0.6 is 0 Å². The third-order valence-corrected chi connectivity index (χ3v) is 2.98. The minimum absolute atomic E-state index is 0.489. The van der Waals surface area contributed by atoms with Gasteiger partial charge in [-0.15, -0.1) is 0 Å². The molecule has 0 unspecified atom stereocenters. The molecule has 2 aromatic rings. The molecule has 19 heavy (non-hydrogen) atoms. The first kappa shape index (κ1) is 13.3. The maximum Gasteiger partial charge on any atom is 0.321 e.